The molecule has 3 aromatic carbocycles. The summed E-state index contributed by atoms with van der Waals surface area (Å²) >= 11 is 0. The molecule has 144 valence electrons. The van der Waals surface area contributed by atoms with E-state index in [1.165, 1.54) is 0 Å². The largest absolute Gasteiger partial charge is 0.584 e. The molecule has 3 rings (SSSR count). The maximum atomic E-state index is 12.9. The molecule has 0 aromatic heterocycles. The summed E-state index contributed by atoms with van der Waals surface area (Å²) in [5, 5.41) is 0. The fourth-order valence-corrected chi connectivity index (χ4v) is 3.80. The van der Waals surface area contributed by atoms with Crippen molar-refractivity contribution in [2.24, 2.45) is 0 Å². The van der Waals surface area contributed by atoms with Gasteiger partial charge < -0.3 is 9.05 Å². The van der Waals surface area contributed by atoms with Crippen molar-refractivity contribution >= 4 is 13.6 Å². The SMILES string of the molecule is Cc1cc(C)c(C(=O)Cc2ccccc2)c(OP(=O)(O)Oc2ccccc2)c1. The highest BCUT2D eigenvalue weighted by molar-refractivity contribution is 7.48. The van der Waals surface area contributed by atoms with Crippen molar-refractivity contribution in [1.82, 2.24) is 0 Å². The van der Waals surface area contributed by atoms with Gasteiger partial charge in [0.2, 0.25) is 0 Å². The fourth-order valence-electron chi connectivity index (χ4n) is 2.99. The molecule has 0 bridgehead atoms. The Bertz CT molecular complexity index is 1020. The first kappa shape index (κ1) is 19.9. The Labute approximate surface area is 164 Å². The molecule has 0 heterocycles. The Morgan fingerprint density at radius 3 is 2.18 bits per heavy atom. The molecule has 3 aromatic rings. The van der Waals surface area contributed by atoms with Crippen molar-refractivity contribution < 1.29 is 23.3 Å². The molecule has 0 saturated carbocycles. The van der Waals surface area contributed by atoms with Crippen LogP contribution in [-0.4, -0.2) is 10.7 Å². The zero-order chi connectivity index (χ0) is 20.1. The van der Waals surface area contributed by atoms with Gasteiger partial charge in [-0.05, 0) is 48.7 Å². The lowest BCUT2D eigenvalue weighted by atomic mass is 9.97. The number of phosphoric acid groups is 1. The predicted molar refractivity (Wildman–Crippen MR) is 108 cm³/mol. The number of ketones is 1. The highest BCUT2D eigenvalue weighted by Gasteiger charge is 2.28. The van der Waals surface area contributed by atoms with E-state index in [1.807, 2.05) is 43.3 Å². The average molecular weight is 396 g/mol. The summed E-state index contributed by atoms with van der Waals surface area (Å²) in [5.74, 6) is 0.0495. The summed E-state index contributed by atoms with van der Waals surface area (Å²) in [7, 11) is -4.48. The van der Waals surface area contributed by atoms with Crippen LogP contribution >= 0.6 is 7.82 Å². The van der Waals surface area contributed by atoms with Gasteiger partial charge in [-0.2, -0.15) is 0 Å². The average Bonchev–Trinajstić information content (AvgIpc) is 2.62. The van der Waals surface area contributed by atoms with Gasteiger partial charge >= 0.3 is 7.82 Å². The third-order valence-electron chi connectivity index (χ3n) is 4.11. The molecule has 28 heavy (non-hydrogen) atoms. The van der Waals surface area contributed by atoms with Crippen molar-refractivity contribution in [3.63, 3.8) is 0 Å². The van der Waals surface area contributed by atoms with Crippen LogP contribution in [0.15, 0.2) is 72.8 Å². The quantitative estimate of drug-likeness (QED) is 0.434. The van der Waals surface area contributed by atoms with Crippen LogP contribution in [0.5, 0.6) is 11.5 Å². The lowest BCUT2D eigenvalue weighted by Crippen LogP contribution is -2.10. The highest BCUT2D eigenvalue weighted by Crippen LogP contribution is 2.46. The molecule has 1 N–H and O–H groups in total. The zero-order valence-corrected chi connectivity index (χ0v) is 16.6. The second-order valence-corrected chi connectivity index (χ2v) is 7.81. The number of benzene rings is 3. The van der Waals surface area contributed by atoms with Gasteiger partial charge in [0.1, 0.15) is 11.5 Å². The van der Waals surface area contributed by atoms with Crippen LogP contribution in [0, 0.1) is 13.8 Å². The zero-order valence-electron chi connectivity index (χ0n) is 15.7. The van der Waals surface area contributed by atoms with Crippen molar-refractivity contribution in [3.8, 4) is 11.5 Å². The molecule has 0 saturated heterocycles. The minimum absolute atomic E-state index is 0.0418. The molecule has 1 atom stereocenters. The van der Waals surface area contributed by atoms with Crippen molar-refractivity contribution in [1.29, 1.82) is 0 Å². The first-order valence-electron chi connectivity index (χ1n) is 8.79. The Balaban J connectivity index is 1.90. The van der Waals surface area contributed by atoms with Gasteiger partial charge in [0, 0.05) is 6.42 Å². The summed E-state index contributed by atoms with van der Waals surface area (Å²) < 4.78 is 22.9. The number of carbonyl (C=O) groups is 1. The van der Waals surface area contributed by atoms with Crippen molar-refractivity contribution in [3.05, 3.63) is 95.1 Å². The summed E-state index contributed by atoms with van der Waals surface area (Å²) in [5.41, 5.74) is 2.62. The number of phosphoric ester groups is 1. The highest BCUT2D eigenvalue weighted by atomic mass is 31.2. The molecule has 1 unspecified atom stereocenters. The van der Waals surface area contributed by atoms with E-state index in [1.54, 1.807) is 43.3 Å². The van der Waals surface area contributed by atoms with Crippen LogP contribution in [0.4, 0.5) is 0 Å². The second kappa shape index (κ2) is 8.42. The van der Waals surface area contributed by atoms with Crippen LogP contribution in [0.25, 0.3) is 0 Å². The summed E-state index contributed by atoms with van der Waals surface area (Å²) in [4.78, 5) is 23.1. The number of hydrogen-bond donors (Lipinski definition) is 1. The smallest absolute Gasteiger partial charge is 0.395 e. The number of Topliss-reactive ketones (excluding diaryl/α,β-unsaturated/α-hetero) is 1. The first-order chi connectivity index (χ1) is 13.3. The summed E-state index contributed by atoms with van der Waals surface area (Å²) in [6, 6.07) is 21.0. The van der Waals surface area contributed by atoms with Crippen molar-refractivity contribution in [2.75, 3.05) is 0 Å². The molecule has 0 aliphatic heterocycles. The van der Waals surface area contributed by atoms with Crippen LogP contribution < -0.4 is 9.05 Å². The van der Waals surface area contributed by atoms with Gasteiger partial charge in [-0.3, -0.25) is 9.69 Å². The molecule has 0 fully saturated rings. The normalized spacial score (nSPS) is 12.8. The lowest BCUT2D eigenvalue weighted by molar-refractivity contribution is 0.0990. The van der Waals surface area contributed by atoms with Gasteiger partial charge in [-0.15, -0.1) is 0 Å². The van der Waals surface area contributed by atoms with E-state index in [0.29, 0.717) is 5.56 Å². The molecule has 0 amide bonds. The van der Waals surface area contributed by atoms with Gasteiger partial charge in [0.15, 0.2) is 5.78 Å². The van der Waals surface area contributed by atoms with Crippen molar-refractivity contribution in [2.45, 2.75) is 20.3 Å². The topological polar surface area (TPSA) is 72.8 Å². The van der Waals surface area contributed by atoms with E-state index in [9.17, 15) is 14.3 Å². The minimum atomic E-state index is -4.48. The molecular formula is C22H21O5P. The molecule has 0 spiro atoms. The Kier molecular flexibility index (Phi) is 5.98. The van der Waals surface area contributed by atoms with E-state index in [2.05, 4.69) is 0 Å². The van der Waals surface area contributed by atoms with Crippen LogP contribution in [0.2, 0.25) is 0 Å². The number of hydrogen-bond acceptors (Lipinski definition) is 4. The third kappa shape index (κ3) is 5.10. The van der Waals surface area contributed by atoms with Crippen LogP contribution in [-0.2, 0) is 11.0 Å². The van der Waals surface area contributed by atoms with E-state index in [-0.39, 0.29) is 29.3 Å². The Morgan fingerprint density at radius 2 is 1.54 bits per heavy atom. The molecule has 0 aliphatic carbocycles. The maximum Gasteiger partial charge on any atom is 0.584 e. The fraction of sp³-hybridized carbons (Fsp3) is 0.136. The molecule has 0 aliphatic rings. The van der Waals surface area contributed by atoms with Gasteiger partial charge in [0.05, 0.1) is 5.56 Å². The number of para-hydroxylation sites is 1. The Morgan fingerprint density at radius 1 is 0.929 bits per heavy atom. The monoisotopic (exact) mass is 396 g/mol. The molecule has 0 radical (unpaired) electrons. The molecular weight excluding hydrogens is 375 g/mol. The number of carbonyl (C=O) groups excluding carboxylic acids is 1. The van der Waals surface area contributed by atoms with Gasteiger partial charge in [-0.1, -0.05) is 54.6 Å². The number of rotatable bonds is 7. The summed E-state index contributed by atoms with van der Waals surface area (Å²) in [6.07, 6.45) is 0.163. The van der Waals surface area contributed by atoms with E-state index >= 15 is 0 Å². The molecule has 6 heteroatoms. The minimum Gasteiger partial charge on any atom is -0.395 e. The molecule has 5 nitrogen and oxygen atoms in total. The Hall–Kier alpha value is -2.88. The van der Waals surface area contributed by atoms with E-state index in [0.717, 1.165) is 11.1 Å². The second-order valence-electron chi connectivity index (χ2n) is 6.50. The van der Waals surface area contributed by atoms with E-state index < -0.39 is 7.82 Å². The van der Waals surface area contributed by atoms with Gasteiger partial charge in [0.25, 0.3) is 0 Å². The number of aryl methyl sites for hydroxylation is 2. The van der Waals surface area contributed by atoms with E-state index in [4.69, 9.17) is 9.05 Å². The van der Waals surface area contributed by atoms with Gasteiger partial charge in [-0.25, -0.2) is 4.57 Å². The third-order valence-corrected chi connectivity index (χ3v) is 4.98. The summed E-state index contributed by atoms with van der Waals surface area (Å²) in [6.45, 7) is 3.60. The standard InChI is InChI=1S/C22H21O5P/c1-16-13-17(2)22(20(23)15-18-9-5-3-6-10-18)21(14-16)27-28(24,25)26-19-11-7-4-8-12-19/h3-14H,15H2,1-2H3,(H,24,25). The lowest BCUT2D eigenvalue weighted by Gasteiger charge is -2.18. The maximum absolute atomic E-state index is 12.9. The van der Waals surface area contributed by atoms with Crippen LogP contribution in [0.1, 0.15) is 27.0 Å². The first-order valence-corrected chi connectivity index (χ1v) is 10.3. The predicted octanol–water partition coefficient (Wildman–Crippen LogP) is 5.29. The van der Waals surface area contributed by atoms with Crippen LogP contribution in [0.3, 0.4) is 0 Å².